The van der Waals surface area contributed by atoms with Crippen molar-refractivity contribution in [1.82, 2.24) is 4.90 Å². The third-order valence-corrected chi connectivity index (χ3v) is 5.05. The van der Waals surface area contributed by atoms with E-state index in [1.54, 1.807) is 4.90 Å². The summed E-state index contributed by atoms with van der Waals surface area (Å²) in [7, 11) is 0. The van der Waals surface area contributed by atoms with Crippen LogP contribution in [0.2, 0.25) is 0 Å². The minimum atomic E-state index is -0.359. The number of hydrogen-bond donors (Lipinski definition) is 0. The molecular formula is C18H24N2O2. The largest absolute Gasteiger partial charge is 0.329 e. The number of nitrogens with zero attached hydrogens (tertiary/aromatic N) is 2. The summed E-state index contributed by atoms with van der Waals surface area (Å²) in [5.41, 5.74) is 3.23. The summed E-state index contributed by atoms with van der Waals surface area (Å²) in [4.78, 5) is 28.9. The molecule has 22 heavy (non-hydrogen) atoms. The molecule has 0 aromatic heterocycles. The van der Waals surface area contributed by atoms with Crippen LogP contribution >= 0.6 is 0 Å². The van der Waals surface area contributed by atoms with Gasteiger partial charge in [0.2, 0.25) is 11.8 Å². The van der Waals surface area contributed by atoms with Crippen molar-refractivity contribution in [2.24, 2.45) is 5.92 Å². The normalized spacial score (nSPS) is 22.7. The number of anilines is 1. The number of piperazine rings is 1. The Balaban J connectivity index is 1.79. The summed E-state index contributed by atoms with van der Waals surface area (Å²) >= 11 is 0. The van der Waals surface area contributed by atoms with Crippen LogP contribution < -0.4 is 4.90 Å². The molecule has 1 atom stereocenters. The van der Waals surface area contributed by atoms with Gasteiger partial charge in [-0.3, -0.25) is 9.59 Å². The minimum absolute atomic E-state index is 0.0348. The van der Waals surface area contributed by atoms with Gasteiger partial charge in [-0.25, -0.2) is 0 Å². The summed E-state index contributed by atoms with van der Waals surface area (Å²) in [5.74, 6) is 0.364. The predicted molar refractivity (Wildman–Crippen MR) is 86.8 cm³/mol. The van der Waals surface area contributed by atoms with Gasteiger partial charge in [0.1, 0.15) is 6.04 Å². The smallest absolute Gasteiger partial charge is 0.249 e. The molecule has 3 rings (SSSR count). The Bertz CT molecular complexity index is 607. The SMILES string of the molecule is Cc1ccc(C)c(N2CCN(C(=O)C3CCC3)[C@@H](C)C2=O)c1. The fourth-order valence-electron chi connectivity index (χ4n) is 3.31. The van der Waals surface area contributed by atoms with Gasteiger partial charge in [-0.2, -0.15) is 0 Å². The van der Waals surface area contributed by atoms with Gasteiger partial charge in [0.05, 0.1) is 0 Å². The van der Waals surface area contributed by atoms with Crippen LogP contribution in [-0.4, -0.2) is 35.8 Å². The van der Waals surface area contributed by atoms with Crippen molar-refractivity contribution in [3.8, 4) is 0 Å². The Morgan fingerprint density at radius 1 is 1.18 bits per heavy atom. The van der Waals surface area contributed by atoms with Crippen molar-refractivity contribution in [1.29, 1.82) is 0 Å². The van der Waals surface area contributed by atoms with Crippen molar-refractivity contribution in [3.63, 3.8) is 0 Å². The summed E-state index contributed by atoms with van der Waals surface area (Å²) < 4.78 is 0. The fraction of sp³-hybridized carbons (Fsp3) is 0.556. The predicted octanol–water partition coefficient (Wildman–Crippen LogP) is 2.67. The Hall–Kier alpha value is -1.84. The van der Waals surface area contributed by atoms with Crippen LogP contribution in [0.3, 0.4) is 0 Å². The summed E-state index contributed by atoms with van der Waals surface area (Å²) in [6.07, 6.45) is 3.11. The maximum absolute atomic E-state index is 12.8. The second kappa shape index (κ2) is 5.75. The van der Waals surface area contributed by atoms with E-state index < -0.39 is 0 Å². The molecule has 4 heteroatoms. The van der Waals surface area contributed by atoms with Crippen LogP contribution in [0.15, 0.2) is 18.2 Å². The molecule has 0 radical (unpaired) electrons. The van der Waals surface area contributed by atoms with E-state index in [9.17, 15) is 9.59 Å². The van der Waals surface area contributed by atoms with Gasteiger partial charge in [-0.1, -0.05) is 18.6 Å². The highest BCUT2D eigenvalue weighted by Crippen LogP contribution is 2.31. The molecule has 0 N–H and O–H groups in total. The van der Waals surface area contributed by atoms with Gasteiger partial charge in [-0.05, 0) is 50.8 Å². The van der Waals surface area contributed by atoms with E-state index in [-0.39, 0.29) is 23.8 Å². The van der Waals surface area contributed by atoms with Crippen LogP contribution in [0.1, 0.15) is 37.3 Å². The molecule has 1 heterocycles. The number of amides is 2. The first-order valence-corrected chi connectivity index (χ1v) is 8.18. The first-order valence-electron chi connectivity index (χ1n) is 8.18. The molecule has 2 aliphatic rings. The zero-order chi connectivity index (χ0) is 15.9. The third-order valence-electron chi connectivity index (χ3n) is 5.05. The number of benzene rings is 1. The van der Waals surface area contributed by atoms with Crippen LogP contribution in [0.5, 0.6) is 0 Å². The summed E-state index contributed by atoms with van der Waals surface area (Å²) in [6.45, 7) is 7.14. The van der Waals surface area contributed by atoms with E-state index in [1.807, 2.05) is 25.7 Å². The maximum atomic E-state index is 12.8. The highest BCUT2D eigenvalue weighted by Gasteiger charge is 2.39. The van der Waals surface area contributed by atoms with E-state index in [0.29, 0.717) is 13.1 Å². The van der Waals surface area contributed by atoms with Gasteiger partial charge in [0.15, 0.2) is 0 Å². The van der Waals surface area contributed by atoms with Gasteiger partial charge in [-0.15, -0.1) is 0 Å². The average Bonchev–Trinajstić information content (AvgIpc) is 2.43. The van der Waals surface area contributed by atoms with Gasteiger partial charge < -0.3 is 9.80 Å². The van der Waals surface area contributed by atoms with E-state index in [0.717, 1.165) is 36.1 Å². The highest BCUT2D eigenvalue weighted by atomic mass is 16.2. The molecule has 2 fully saturated rings. The molecule has 1 aliphatic heterocycles. The Morgan fingerprint density at radius 3 is 2.55 bits per heavy atom. The van der Waals surface area contributed by atoms with E-state index in [2.05, 4.69) is 18.2 Å². The molecule has 1 aromatic carbocycles. The second-order valence-electron chi connectivity index (χ2n) is 6.62. The Labute approximate surface area is 132 Å². The lowest BCUT2D eigenvalue weighted by Crippen LogP contribution is -2.59. The molecular weight excluding hydrogens is 276 g/mol. The number of aryl methyl sites for hydroxylation is 2. The van der Waals surface area contributed by atoms with Gasteiger partial charge >= 0.3 is 0 Å². The molecule has 1 aliphatic carbocycles. The quantitative estimate of drug-likeness (QED) is 0.842. The zero-order valence-corrected chi connectivity index (χ0v) is 13.6. The standard InChI is InChI=1S/C18H24N2O2/c1-12-7-8-13(2)16(11-12)20-10-9-19(14(3)17(20)21)18(22)15-5-4-6-15/h7-8,11,14-15H,4-6,9-10H2,1-3H3/t14-/m0/s1. The molecule has 0 bridgehead atoms. The lowest BCUT2D eigenvalue weighted by Gasteiger charge is -2.42. The van der Waals surface area contributed by atoms with Crippen LogP contribution in [-0.2, 0) is 9.59 Å². The van der Waals surface area contributed by atoms with Gasteiger partial charge in [0, 0.05) is 24.7 Å². The molecule has 2 amide bonds. The number of rotatable bonds is 2. The number of carbonyl (C=O) groups is 2. The highest BCUT2D eigenvalue weighted by molar-refractivity contribution is 6.01. The van der Waals surface area contributed by atoms with Crippen molar-refractivity contribution in [2.45, 2.75) is 46.1 Å². The van der Waals surface area contributed by atoms with Crippen LogP contribution in [0, 0.1) is 19.8 Å². The van der Waals surface area contributed by atoms with E-state index in [1.165, 1.54) is 0 Å². The number of carbonyl (C=O) groups excluding carboxylic acids is 2. The van der Waals surface area contributed by atoms with Crippen LogP contribution in [0.25, 0.3) is 0 Å². The summed E-state index contributed by atoms with van der Waals surface area (Å²) in [6, 6.07) is 5.81. The van der Waals surface area contributed by atoms with Gasteiger partial charge in [0.25, 0.3) is 0 Å². The third kappa shape index (κ3) is 2.51. The van der Waals surface area contributed by atoms with E-state index >= 15 is 0 Å². The second-order valence-corrected chi connectivity index (χ2v) is 6.62. The molecule has 0 unspecified atom stereocenters. The molecule has 1 saturated carbocycles. The minimum Gasteiger partial charge on any atom is -0.329 e. The average molecular weight is 300 g/mol. The lowest BCUT2D eigenvalue weighted by atomic mass is 9.84. The molecule has 1 aromatic rings. The molecule has 4 nitrogen and oxygen atoms in total. The first-order chi connectivity index (χ1) is 10.5. The summed E-state index contributed by atoms with van der Waals surface area (Å²) in [5, 5.41) is 0. The van der Waals surface area contributed by atoms with Crippen LogP contribution in [0.4, 0.5) is 5.69 Å². The Morgan fingerprint density at radius 2 is 1.91 bits per heavy atom. The van der Waals surface area contributed by atoms with Crippen molar-refractivity contribution >= 4 is 17.5 Å². The fourth-order valence-corrected chi connectivity index (χ4v) is 3.31. The van der Waals surface area contributed by atoms with Crippen molar-refractivity contribution in [3.05, 3.63) is 29.3 Å². The zero-order valence-electron chi connectivity index (χ0n) is 13.6. The number of hydrogen-bond acceptors (Lipinski definition) is 2. The lowest BCUT2D eigenvalue weighted by molar-refractivity contribution is -0.146. The topological polar surface area (TPSA) is 40.6 Å². The molecule has 1 saturated heterocycles. The molecule has 118 valence electrons. The van der Waals surface area contributed by atoms with E-state index in [4.69, 9.17) is 0 Å². The van der Waals surface area contributed by atoms with Crippen molar-refractivity contribution in [2.75, 3.05) is 18.0 Å². The maximum Gasteiger partial charge on any atom is 0.249 e. The molecule has 0 spiro atoms. The Kier molecular flexibility index (Phi) is 3.94. The first kappa shape index (κ1) is 15.1. The van der Waals surface area contributed by atoms with Crippen molar-refractivity contribution < 1.29 is 9.59 Å². The monoisotopic (exact) mass is 300 g/mol.